The van der Waals surface area contributed by atoms with Gasteiger partial charge in [0.05, 0.1) is 11.0 Å². The summed E-state index contributed by atoms with van der Waals surface area (Å²) in [6.45, 7) is 8.27. The molecule has 2 aliphatic rings. The van der Waals surface area contributed by atoms with Gasteiger partial charge in [-0.3, -0.25) is 0 Å². The summed E-state index contributed by atoms with van der Waals surface area (Å²) in [5, 5.41) is 0. The van der Waals surface area contributed by atoms with Gasteiger partial charge in [0, 0.05) is 26.2 Å². The van der Waals surface area contributed by atoms with Gasteiger partial charge in [0.2, 0.25) is 10.0 Å². The summed E-state index contributed by atoms with van der Waals surface area (Å²) in [5.74, 6) is 1.45. The van der Waals surface area contributed by atoms with Gasteiger partial charge in [-0.05, 0) is 68.8 Å². The monoisotopic (exact) mass is 380 g/mol. The van der Waals surface area contributed by atoms with E-state index in [-0.39, 0.29) is 6.10 Å². The van der Waals surface area contributed by atoms with Gasteiger partial charge in [0.1, 0.15) is 5.75 Å². The average Bonchev–Trinajstić information content (AvgIpc) is 3.14. The molecule has 0 atom stereocenters. The largest absolute Gasteiger partial charge is 0.490 e. The molecule has 1 heterocycles. The van der Waals surface area contributed by atoms with Crippen LogP contribution in [-0.4, -0.2) is 56.5 Å². The fourth-order valence-electron chi connectivity index (χ4n) is 3.67. The zero-order chi connectivity index (χ0) is 18.6. The van der Waals surface area contributed by atoms with Crippen LogP contribution in [0.2, 0.25) is 0 Å². The Balaban J connectivity index is 1.56. The molecule has 6 heteroatoms. The van der Waals surface area contributed by atoms with Crippen LogP contribution in [0.1, 0.15) is 46.0 Å². The Morgan fingerprint density at radius 3 is 2.23 bits per heavy atom. The molecule has 0 radical (unpaired) electrons. The summed E-state index contributed by atoms with van der Waals surface area (Å²) in [6.07, 6.45) is 6.09. The fraction of sp³-hybridized carbons (Fsp3) is 0.700. The average molecular weight is 381 g/mol. The molecule has 0 spiro atoms. The zero-order valence-corrected chi connectivity index (χ0v) is 16.9. The van der Waals surface area contributed by atoms with Crippen LogP contribution in [0.4, 0.5) is 0 Å². The van der Waals surface area contributed by atoms with Gasteiger partial charge in [-0.1, -0.05) is 13.8 Å². The SMILES string of the molecule is CC(C)CCN1CCN(S(=O)(=O)c2ccc(OC3CCCC3)cc2)CC1. The Morgan fingerprint density at radius 1 is 1.04 bits per heavy atom. The van der Waals surface area contributed by atoms with Gasteiger partial charge < -0.3 is 9.64 Å². The lowest BCUT2D eigenvalue weighted by molar-refractivity contribution is 0.180. The molecule has 1 aliphatic heterocycles. The van der Waals surface area contributed by atoms with Crippen molar-refractivity contribution in [2.24, 2.45) is 5.92 Å². The maximum absolute atomic E-state index is 12.9. The Hall–Kier alpha value is -1.11. The van der Waals surface area contributed by atoms with Crippen molar-refractivity contribution in [1.29, 1.82) is 0 Å². The minimum Gasteiger partial charge on any atom is -0.490 e. The Kier molecular flexibility index (Phi) is 6.59. The Bertz CT molecular complexity index is 659. The first kappa shape index (κ1) is 19.6. The van der Waals surface area contributed by atoms with E-state index in [0.29, 0.717) is 23.9 Å². The van der Waals surface area contributed by atoms with Crippen molar-refractivity contribution in [3.05, 3.63) is 24.3 Å². The van der Waals surface area contributed by atoms with Gasteiger partial charge in [0.25, 0.3) is 0 Å². The van der Waals surface area contributed by atoms with Gasteiger partial charge in [-0.15, -0.1) is 0 Å². The van der Waals surface area contributed by atoms with E-state index in [4.69, 9.17) is 4.74 Å². The van der Waals surface area contributed by atoms with Crippen LogP contribution < -0.4 is 4.74 Å². The molecule has 2 fully saturated rings. The van der Waals surface area contributed by atoms with E-state index >= 15 is 0 Å². The molecular formula is C20H32N2O3S. The molecule has 1 aromatic rings. The van der Waals surface area contributed by atoms with Crippen LogP contribution in [0.25, 0.3) is 0 Å². The van der Waals surface area contributed by atoms with Crippen LogP contribution in [0.15, 0.2) is 29.2 Å². The topological polar surface area (TPSA) is 49.9 Å². The molecule has 1 saturated heterocycles. The molecule has 1 aliphatic carbocycles. The minimum absolute atomic E-state index is 0.288. The summed E-state index contributed by atoms with van der Waals surface area (Å²) in [7, 11) is -3.41. The molecule has 0 amide bonds. The minimum atomic E-state index is -3.41. The molecule has 1 aromatic carbocycles. The smallest absolute Gasteiger partial charge is 0.243 e. The van der Waals surface area contributed by atoms with Crippen molar-refractivity contribution in [2.45, 2.75) is 57.0 Å². The van der Waals surface area contributed by atoms with Gasteiger partial charge >= 0.3 is 0 Å². The second-order valence-corrected chi connectivity index (χ2v) is 9.86. The first-order valence-corrected chi connectivity index (χ1v) is 11.4. The van der Waals surface area contributed by atoms with Crippen LogP contribution >= 0.6 is 0 Å². The first-order chi connectivity index (χ1) is 12.4. The van der Waals surface area contributed by atoms with Crippen molar-refractivity contribution in [1.82, 2.24) is 9.21 Å². The van der Waals surface area contributed by atoms with Gasteiger partial charge in [-0.2, -0.15) is 4.31 Å². The summed E-state index contributed by atoms with van der Waals surface area (Å²) in [4.78, 5) is 2.73. The highest BCUT2D eigenvalue weighted by Crippen LogP contribution is 2.26. The van der Waals surface area contributed by atoms with Crippen molar-refractivity contribution in [3.8, 4) is 5.75 Å². The molecule has 1 saturated carbocycles. The lowest BCUT2D eigenvalue weighted by Crippen LogP contribution is -2.48. The molecule has 26 heavy (non-hydrogen) atoms. The molecule has 0 N–H and O–H groups in total. The number of benzene rings is 1. The summed E-state index contributed by atoms with van der Waals surface area (Å²) >= 11 is 0. The second-order valence-electron chi connectivity index (χ2n) is 7.92. The third-order valence-electron chi connectivity index (χ3n) is 5.42. The molecule has 5 nitrogen and oxygen atoms in total. The third-order valence-corrected chi connectivity index (χ3v) is 7.33. The lowest BCUT2D eigenvalue weighted by atomic mass is 10.1. The summed E-state index contributed by atoms with van der Waals surface area (Å²) in [5.41, 5.74) is 0. The number of nitrogens with zero attached hydrogens (tertiary/aromatic N) is 2. The number of sulfonamides is 1. The fourth-order valence-corrected chi connectivity index (χ4v) is 5.09. The second kappa shape index (κ2) is 8.72. The van der Waals surface area contributed by atoms with Crippen LogP contribution in [0.5, 0.6) is 5.75 Å². The van der Waals surface area contributed by atoms with E-state index in [0.717, 1.165) is 44.6 Å². The molecule has 0 aromatic heterocycles. The lowest BCUT2D eigenvalue weighted by Gasteiger charge is -2.34. The molecule has 0 unspecified atom stereocenters. The van der Waals surface area contributed by atoms with E-state index in [1.54, 1.807) is 28.6 Å². The predicted octanol–water partition coefficient (Wildman–Crippen LogP) is 3.36. The van der Waals surface area contributed by atoms with Gasteiger partial charge in [0.15, 0.2) is 0 Å². The summed E-state index contributed by atoms with van der Waals surface area (Å²) in [6, 6.07) is 6.96. The summed E-state index contributed by atoms with van der Waals surface area (Å²) < 4.78 is 33.3. The van der Waals surface area contributed by atoms with Crippen molar-refractivity contribution < 1.29 is 13.2 Å². The molecular weight excluding hydrogens is 348 g/mol. The number of piperazine rings is 1. The molecule has 146 valence electrons. The van der Waals surface area contributed by atoms with Crippen LogP contribution in [0.3, 0.4) is 0 Å². The highest BCUT2D eigenvalue weighted by atomic mass is 32.2. The van der Waals surface area contributed by atoms with Crippen molar-refractivity contribution >= 4 is 10.0 Å². The van der Waals surface area contributed by atoms with Gasteiger partial charge in [-0.25, -0.2) is 8.42 Å². The normalized spacial score (nSPS) is 20.7. The number of hydrogen-bond donors (Lipinski definition) is 0. The predicted molar refractivity (Wildman–Crippen MR) is 104 cm³/mol. The highest BCUT2D eigenvalue weighted by Gasteiger charge is 2.28. The zero-order valence-electron chi connectivity index (χ0n) is 16.1. The third kappa shape index (κ3) is 4.99. The first-order valence-electron chi connectivity index (χ1n) is 9.94. The van der Waals surface area contributed by atoms with Crippen molar-refractivity contribution in [3.63, 3.8) is 0 Å². The van der Waals surface area contributed by atoms with E-state index in [9.17, 15) is 8.42 Å². The van der Waals surface area contributed by atoms with E-state index in [1.807, 2.05) is 0 Å². The number of ether oxygens (including phenoxy) is 1. The van der Waals surface area contributed by atoms with E-state index in [2.05, 4.69) is 18.7 Å². The van der Waals surface area contributed by atoms with E-state index in [1.165, 1.54) is 12.8 Å². The molecule has 0 bridgehead atoms. The highest BCUT2D eigenvalue weighted by molar-refractivity contribution is 7.89. The quantitative estimate of drug-likeness (QED) is 0.728. The maximum atomic E-state index is 12.9. The maximum Gasteiger partial charge on any atom is 0.243 e. The number of rotatable bonds is 7. The van der Waals surface area contributed by atoms with Crippen LogP contribution in [-0.2, 0) is 10.0 Å². The standard InChI is InChI=1S/C20H32N2O3S/c1-17(2)11-12-21-13-15-22(16-14-21)26(23,24)20-9-7-19(8-10-20)25-18-5-3-4-6-18/h7-10,17-18H,3-6,11-16H2,1-2H3. The Labute approximate surface area is 158 Å². The van der Waals surface area contributed by atoms with E-state index < -0.39 is 10.0 Å². The van der Waals surface area contributed by atoms with Crippen molar-refractivity contribution in [2.75, 3.05) is 32.7 Å². The molecule has 3 rings (SSSR count). The number of hydrogen-bond acceptors (Lipinski definition) is 4. The van der Waals surface area contributed by atoms with Crippen LogP contribution in [0, 0.1) is 5.92 Å². The Morgan fingerprint density at radius 2 is 1.65 bits per heavy atom.